The maximum atomic E-state index is 12.2. The lowest BCUT2D eigenvalue weighted by molar-refractivity contribution is -0.113. The van der Waals surface area contributed by atoms with Crippen LogP contribution < -0.4 is 10.2 Å². The van der Waals surface area contributed by atoms with Gasteiger partial charge in [-0.3, -0.25) is 4.79 Å². The van der Waals surface area contributed by atoms with E-state index in [1.54, 1.807) is 0 Å². The number of anilines is 2. The van der Waals surface area contributed by atoms with Crippen LogP contribution in [0, 0.1) is 13.8 Å². The fourth-order valence-electron chi connectivity index (χ4n) is 3.01. The maximum Gasteiger partial charge on any atom is 0.234 e. The fourth-order valence-corrected chi connectivity index (χ4v) is 3.62. The van der Waals surface area contributed by atoms with Gasteiger partial charge in [0, 0.05) is 18.8 Å². The molecule has 0 aliphatic carbocycles. The first kappa shape index (κ1) is 17.7. The first-order chi connectivity index (χ1) is 12.1. The lowest BCUT2D eigenvalue weighted by Gasteiger charge is -2.27. The van der Waals surface area contributed by atoms with Crippen molar-refractivity contribution < 1.29 is 4.79 Å². The standard InChI is InChI=1S/C19H24N4OS/c1-14-7-6-8-15(2)19(14)20-17(24)13-25-18-10-9-16(21-22-18)23-11-4-3-5-12-23/h6-10H,3-5,11-13H2,1-2H3,(H,20,24). The smallest absolute Gasteiger partial charge is 0.234 e. The second-order valence-corrected chi connectivity index (χ2v) is 7.38. The van der Waals surface area contributed by atoms with E-state index in [9.17, 15) is 4.79 Å². The zero-order valence-electron chi connectivity index (χ0n) is 14.8. The van der Waals surface area contributed by atoms with Gasteiger partial charge in [0.15, 0.2) is 5.82 Å². The van der Waals surface area contributed by atoms with Crippen molar-refractivity contribution in [2.45, 2.75) is 38.1 Å². The third-order valence-electron chi connectivity index (χ3n) is 4.40. The Morgan fingerprint density at radius 1 is 1.08 bits per heavy atom. The number of hydrogen-bond acceptors (Lipinski definition) is 5. The lowest BCUT2D eigenvalue weighted by atomic mass is 10.1. The zero-order chi connectivity index (χ0) is 17.6. The van der Waals surface area contributed by atoms with Crippen molar-refractivity contribution in [3.05, 3.63) is 41.5 Å². The van der Waals surface area contributed by atoms with Crippen molar-refractivity contribution in [2.24, 2.45) is 0 Å². The number of carbonyl (C=O) groups is 1. The predicted octanol–water partition coefficient (Wildman–Crippen LogP) is 3.81. The van der Waals surface area contributed by atoms with Crippen LogP contribution >= 0.6 is 11.8 Å². The van der Waals surface area contributed by atoms with E-state index in [0.29, 0.717) is 5.75 Å². The lowest BCUT2D eigenvalue weighted by Crippen LogP contribution is -2.30. The second-order valence-electron chi connectivity index (χ2n) is 6.38. The molecule has 2 aromatic rings. The number of piperidine rings is 1. The van der Waals surface area contributed by atoms with E-state index in [1.165, 1.54) is 31.0 Å². The molecule has 0 spiro atoms. The van der Waals surface area contributed by atoms with Crippen molar-refractivity contribution in [1.29, 1.82) is 0 Å². The van der Waals surface area contributed by atoms with Gasteiger partial charge in [0.05, 0.1) is 5.75 Å². The Bertz CT molecular complexity index is 706. The molecule has 1 aliphatic heterocycles. The topological polar surface area (TPSA) is 58.1 Å². The Morgan fingerprint density at radius 2 is 1.80 bits per heavy atom. The van der Waals surface area contributed by atoms with Crippen LogP contribution in [-0.2, 0) is 4.79 Å². The maximum absolute atomic E-state index is 12.2. The molecule has 1 amide bonds. The Labute approximate surface area is 153 Å². The molecule has 3 rings (SSSR count). The number of thioether (sulfide) groups is 1. The number of benzene rings is 1. The predicted molar refractivity (Wildman–Crippen MR) is 103 cm³/mol. The second kappa shape index (κ2) is 8.34. The Kier molecular flexibility index (Phi) is 5.91. The minimum atomic E-state index is -0.0238. The van der Waals surface area contributed by atoms with Crippen LogP contribution in [-0.4, -0.2) is 34.9 Å². The third kappa shape index (κ3) is 4.72. The molecule has 1 fully saturated rings. The number of aryl methyl sites for hydroxylation is 2. The fraction of sp³-hybridized carbons (Fsp3) is 0.421. The molecular weight excluding hydrogens is 332 g/mol. The molecule has 25 heavy (non-hydrogen) atoms. The number of hydrogen-bond donors (Lipinski definition) is 1. The molecule has 1 N–H and O–H groups in total. The number of nitrogens with zero attached hydrogens (tertiary/aromatic N) is 3. The molecule has 132 valence electrons. The molecule has 6 heteroatoms. The Balaban J connectivity index is 1.53. The van der Waals surface area contributed by atoms with E-state index in [2.05, 4.69) is 20.4 Å². The van der Waals surface area contributed by atoms with Crippen LogP contribution in [0.4, 0.5) is 11.5 Å². The highest BCUT2D eigenvalue weighted by molar-refractivity contribution is 7.99. The van der Waals surface area contributed by atoms with E-state index < -0.39 is 0 Å². The van der Waals surface area contributed by atoms with E-state index in [-0.39, 0.29) is 5.91 Å². The molecular formula is C19H24N4OS. The molecule has 0 unspecified atom stereocenters. The molecule has 0 saturated carbocycles. The largest absolute Gasteiger partial charge is 0.355 e. The van der Waals surface area contributed by atoms with Crippen molar-refractivity contribution in [2.75, 3.05) is 29.1 Å². The molecule has 1 saturated heterocycles. The Hall–Kier alpha value is -2.08. The zero-order valence-corrected chi connectivity index (χ0v) is 15.6. The number of nitrogens with one attached hydrogen (secondary N) is 1. The van der Waals surface area contributed by atoms with Gasteiger partial charge in [-0.05, 0) is 56.4 Å². The van der Waals surface area contributed by atoms with E-state index in [1.807, 2.05) is 44.2 Å². The van der Waals surface area contributed by atoms with Crippen molar-refractivity contribution in [3.8, 4) is 0 Å². The number of aromatic nitrogens is 2. The summed E-state index contributed by atoms with van der Waals surface area (Å²) in [6.07, 6.45) is 3.74. The van der Waals surface area contributed by atoms with Gasteiger partial charge in [-0.2, -0.15) is 0 Å². The van der Waals surface area contributed by atoms with E-state index in [0.717, 1.165) is 40.7 Å². The molecule has 0 atom stereocenters. The van der Waals surface area contributed by atoms with Crippen LogP contribution in [0.1, 0.15) is 30.4 Å². The minimum absolute atomic E-state index is 0.0238. The summed E-state index contributed by atoms with van der Waals surface area (Å²) in [5.41, 5.74) is 3.05. The summed E-state index contributed by atoms with van der Waals surface area (Å²) in [6, 6.07) is 9.95. The van der Waals surface area contributed by atoms with E-state index >= 15 is 0 Å². The van der Waals surface area contributed by atoms with Gasteiger partial charge in [0.1, 0.15) is 5.03 Å². The molecule has 0 radical (unpaired) electrons. The van der Waals surface area contributed by atoms with Crippen LogP contribution in [0.25, 0.3) is 0 Å². The normalized spacial score (nSPS) is 14.4. The summed E-state index contributed by atoms with van der Waals surface area (Å²) in [4.78, 5) is 14.5. The number of amides is 1. The average molecular weight is 356 g/mol. The van der Waals surface area contributed by atoms with Crippen molar-refractivity contribution in [1.82, 2.24) is 10.2 Å². The van der Waals surface area contributed by atoms with Crippen LogP contribution in [0.3, 0.4) is 0 Å². The minimum Gasteiger partial charge on any atom is -0.355 e. The molecule has 1 aliphatic rings. The molecule has 0 bridgehead atoms. The number of rotatable bonds is 5. The van der Waals surface area contributed by atoms with Gasteiger partial charge < -0.3 is 10.2 Å². The highest BCUT2D eigenvalue weighted by atomic mass is 32.2. The van der Waals surface area contributed by atoms with Gasteiger partial charge >= 0.3 is 0 Å². The average Bonchev–Trinajstić information content (AvgIpc) is 2.64. The molecule has 1 aromatic heterocycles. The van der Waals surface area contributed by atoms with Gasteiger partial charge in [0.25, 0.3) is 0 Å². The molecule has 2 heterocycles. The third-order valence-corrected chi connectivity index (χ3v) is 5.32. The summed E-state index contributed by atoms with van der Waals surface area (Å²) in [7, 11) is 0. The molecule has 1 aromatic carbocycles. The van der Waals surface area contributed by atoms with Crippen LogP contribution in [0.15, 0.2) is 35.4 Å². The number of para-hydroxylation sites is 1. The summed E-state index contributed by atoms with van der Waals surface area (Å²) in [5.74, 6) is 1.24. The molecule has 5 nitrogen and oxygen atoms in total. The first-order valence-electron chi connectivity index (χ1n) is 8.71. The van der Waals surface area contributed by atoms with Gasteiger partial charge in [-0.25, -0.2) is 0 Å². The number of carbonyl (C=O) groups excluding carboxylic acids is 1. The highest BCUT2D eigenvalue weighted by Gasteiger charge is 2.13. The summed E-state index contributed by atoms with van der Waals surface area (Å²) >= 11 is 1.41. The SMILES string of the molecule is Cc1cccc(C)c1NC(=O)CSc1ccc(N2CCCCC2)nn1. The van der Waals surface area contributed by atoms with Gasteiger partial charge in [0.2, 0.25) is 5.91 Å². The van der Waals surface area contributed by atoms with Crippen LogP contribution in [0.2, 0.25) is 0 Å². The summed E-state index contributed by atoms with van der Waals surface area (Å²) < 4.78 is 0. The highest BCUT2D eigenvalue weighted by Crippen LogP contribution is 2.22. The summed E-state index contributed by atoms with van der Waals surface area (Å²) in [6.45, 7) is 6.11. The van der Waals surface area contributed by atoms with Gasteiger partial charge in [-0.1, -0.05) is 30.0 Å². The Morgan fingerprint density at radius 3 is 2.44 bits per heavy atom. The van der Waals surface area contributed by atoms with Gasteiger partial charge in [-0.15, -0.1) is 10.2 Å². The summed E-state index contributed by atoms with van der Waals surface area (Å²) in [5, 5.41) is 12.3. The van der Waals surface area contributed by atoms with Crippen LogP contribution in [0.5, 0.6) is 0 Å². The van der Waals surface area contributed by atoms with Crippen molar-refractivity contribution >= 4 is 29.2 Å². The quantitative estimate of drug-likeness (QED) is 0.826. The van der Waals surface area contributed by atoms with E-state index in [4.69, 9.17) is 0 Å². The monoisotopic (exact) mass is 356 g/mol. The van der Waals surface area contributed by atoms with Crippen molar-refractivity contribution in [3.63, 3.8) is 0 Å². The first-order valence-corrected chi connectivity index (χ1v) is 9.69.